The summed E-state index contributed by atoms with van der Waals surface area (Å²) < 4.78 is 11.4. The Morgan fingerprint density at radius 2 is 1.31 bits per heavy atom. The summed E-state index contributed by atoms with van der Waals surface area (Å²) in [5.41, 5.74) is 5.65. The number of unbranched alkanes of at least 4 members (excludes halogenated alkanes) is 7. The monoisotopic (exact) mass is 604 g/mol. The van der Waals surface area contributed by atoms with E-state index >= 15 is 0 Å². The maximum atomic E-state index is 11.4. The zero-order valence-corrected chi connectivity index (χ0v) is 26.8. The second-order valence-corrected chi connectivity index (χ2v) is 11.4. The van der Waals surface area contributed by atoms with Gasteiger partial charge >= 0.3 is 5.97 Å². The van der Waals surface area contributed by atoms with Gasteiger partial charge in [0.05, 0.1) is 30.3 Å². The van der Waals surface area contributed by atoms with E-state index in [0.29, 0.717) is 18.8 Å². The molecule has 0 bridgehead atoms. The van der Waals surface area contributed by atoms with Crippen LogP contribution in [0.5, 0.6) is 5.75 Å². The molecule has 0 saturated carbocycles. The van der Waals surface area contributed by atoms with Crippen LogP contribution in [0.1, 0.15) is 69.4 Å². The molecule has 4 aromatic rings. The normalized spacial score (nSPS) is 11.4. The molecule has 0 aliphatic carbocycles. The Morgan fingerprint density at radius 1 is 0.667 bits per heavy atom. The molecule has 4 aromatic carbocycles. The summed E-state index contributed by atoms with van der Waals surface area (Å²) in [7, 11) is 0. The summed E-state index contributed by atoms with van der Waals surface area (Å²) in [6.45, 7) is 10.4. The van der Waals surface area contributed by atoms with Gasteiger partial charge in [-0.2, -0.15) is 15.3 Å². The van der Waals surface area contributed by atoms with Crippen LogP contribution in [0.3, 0.4) is 0 Å². The van der Waals surface area contributed by atoms with Gasteiger partial charge in [0.15, 0.2) is 0 Å². The van der Waals surface area contributed by atoms with E-state index in [4.69, 9.17) is 14.6 Å². The fraction of sp³-hybridized carbons (Fsp3) is 0.342. The maximum absolute atomic E-state index is 11.4. The van der Waals surface area contributed by atoms with Gasteiger partial charge in [0.1, 0.15) is 11.4 Å². The number of ether oxygens (including phenoxy) is 2. The molecule has 0 saturated heterocycles. The van der Waals surface area contributed by atoms with E-state index in [-0.39, 0.29) is 5.97 Å². The van der Waals surface area contributed by atoms with E-state index in [1.807, 2.05) is 74.5 Å². The fourth-order valence-electron chi connectivity index (χ4n) is 4.89. The lowest BCUT2D eigenvalue weighted by atomic mass is 10.1. The molecule has 0 amide bonds. The topological polar surface area (TPSA) is 85.0 Å². The Bertz CT molecular complexity index is 1640. The highest BCUT2D eigenvalue weighted by molar-refractivity contribution is 5.95. The van der Waals surface area contributed by atoms with Gasteiger partial charge in [-0.15, -0.1) is 5.11 Å². The van der Waals surface area contributed by atoms with Crippen molar-refractivity contribution in [1.82, 2.24) is 0 Å². The van der Waals surface area contributed by atoms with Crippen LogP contribution in [0.2, 0.25) is 0 Å². The summed E-state index contributed by atoms with van der Waals surface area (Å²) in [6.07, 6.45) is 8.82. The number of azo groups is 2. The summed E-state index contributed by atoms with van der Waals surface area (Å²) >= 11 is 0. The Hall–Kier alpha value is -4.65. The largest absolute Gasteiger partial charge is 0.491 e. The summed E-state index contributed by atoms with van der Waals surface area (Å²) in [5, 5.41) is 20.3. The Morgan fingerprint density at radius 3 is 2.04 bits per heavy atom. The van der Waals surface area contributed by atoms with E-state index < -0.39 is 0 Å². The van der Waals surface area contributed by atoms with Crippen molar-refractivity contribution in [2.45, 2.75) is 72.1 Å². The van der Waals surface area contributed by atoms with E-state index in [0.717, 1.165) is 82.5 Å². The third-order valence-corrected chi connectivity index (χ3v) is 7.57. The predicted octanol–water partition coefficient (Wildman–Crippen LogP) is 11.9. The molecule has 0 aromatic heterocycles. The van der Waals surface area contributed by atoms with Crippen molar-refractivity contribution in [2.75, 3.05) is 13.2 Å². The number of aryl methyl sites for hydroxylation is 2. The highest BCUT2D eigenvalue weighted by Crippen LogP contribution is 2.38. The summed E-state index contributed by atoms with van der Waals surface area (Å²) in [4.78, 5) is 11.4. The van der Waals surface area contributed by atoms with Crippen molar-refractivity contribution in [2.24, 2.45) is 20.5 Å². The second-order valence-electron chi connectivity index (χ2n) is 11.4. The zero-order valence-electron chi connectivity index (χ0n) is 26.8. The molecule has 0 heterocycles. The molecule has 0 N–H and O–H groups in total. The Kier molecular flexibility index (Phi) is 13.0. The van der Waals surface area contributed by atoms with Crippen LogP contribution in [-0.2, 0) is 9.53 Å². The number of hydrogen-bond donors (Lipinski definition) is 0. The molecule has 0 spiro atoms. The molecule has 45 heavy (non-hydrogen) atoms. The SMILES string of the molecule is C=C(C)C(=O)OCCCCCCCCCCOc1ccc2ccccc2c1N=Nc1ccc(N=Nc2ccccc2C)cc1C. The van der Waals surface area contributed by atoms with E-state index in [9.17, 15) is 4.79 Å². The molecule has 0 fully saturated rings. The lowest BCUT2D eigenvalue weighted by Gasteiger charge is -2.11. The Balaban J connectivity index is 1.28. The number of carbonyl (C=O) groups is 1. The third kappa shape index (κ3) is 10.5. The minimum absolute atomic E-state index is 0.296. The van der Waals surface area contributed by atoms with Crippen LogP contribution in [0.15, 0.2) is 111 Å². The molecule has 7 heteroatoms. The molecule has 4 rings (SSSR count). The van der Waals surface area contributed by atoms with Gasteiger partial charge in [0.25, 0.3) is 0 Å². The highest BCUT2D eigenvalue weighted by Gasteiger charge is 2.10. The summed E-state index contributed by atoms with van der Waals surface area (Å²) in [5.74, 6) is 0.445. The first-order valence-electron chi connectivity index (χ1n) is 15.9. The lowest BCUT2D eigenvalue weighted by molar-refractivity contribution is -0.139. The van der Waals surface area contributed by atoms with Gasteiger partial charge < -0.3 is 9.47 Å². The van der Waals surface area contributed by atoms with Gasteiger partial charge in [-0.3, -0.25) is 0 Å². The van der Waals surface area contributed by atoms with Gasteiger partial charge in [-0.05, 0) is 80.5 Å². The molecule has 7 nitrogen and oxygen atoms in total. The quantitative estimate of drug-likeness (QED) is 0.0520. The predicted molar refractivity (Wildman–Crippen MR) is 183 cm³/mol. The van der Waals surface area contributed by atoms with Crippen LogP contribution in [0, 0.1) is 13.8 Å². The molecule has 234 valence electrons. The van der Waals surface area contributed by atoms with Gasteiger partial charge in [0, 0.05) is 11.0 Å². The number of nitrogens with zero attached hydrogens (tertiary/aromatic N) is 4. The molecule has 0 radical (unpaired) electrons. The van der Waals surface area contributed by atoms with Crippen molar-refractivity contribution >= 4 is 39.5 Å². The van der Waals surface area contributed by atoms with Gasteiger partial charge in [0.2, 0.25) is 0 Å². The van der Waals surface area contributed by atoms with Crippen molar-refractivity contribution < 1.29 is 14.3 Å². The first-order valence-corrected chi connectivity index (χ1v) is 15.9. The zero-order chi connectivity index (χ0) is 31.9. The number of fused-ring (bicyclic) bond motifs is 1. The smallest absolute Gasteiger partial charge is 0.333 e. The first-order chi connectivity index (χ1) is 21.9. The van der Waals surface area contributed by atoms with Crippen LogP contribution in [0.4, 0.5) is 22.7 Å². The summed E-state index contributed by atoms with van der Waals surface area (Å²) in [6, 6.07) is 26.0. The van der Waals surface area contributed by atoms with Crippen LogP contribution in [-0.4, -0.2) is 19.2 Å². The molecular formula is C38H44N4O3. The van der Waals surface area contributed by atoms with Crippen molar-refractivity contribution in [3.05, 3.63) is 102 Å². The molecule has 0 aliphatic rings. The highest BCUT2D eigenvalue weighted by atomic mass is 16.5. The first kappa shape index (κ1) is 33.2. The fourth-order valence-corrected chi connectivity index (χ4v) is 4.89. The Labute approximate surface area is 267 Å². The van der Waals surface area contributed by atoms with E-state index in [1.54, 1.807) is 6.92 Å². The van der Waals surface area contributed by atoms with E-state index in [2.05, 4.69) is 40.1 Å². The van der Waals surface area contributed by atoms with Crippen molar-refractivity contribution in [3.63, 3.8) is 0 Å². The van der Waals surface area contributed by atoms with Crippen LogP contribution < -0.4 is 4.74 Å². The number of benzene rings is 4. The minimum Gasteiger partial charge on any atom is -0.491 e. The van der Waals surface area contributed by atoms with E-state index in [1.165, 1.54) is 19.3 Å². The van der Waals surface area contributed by atoms with Gasteiger partial charge in [-0.1, -0.05) is 93.6 Å². The molecule has 0 atom stereocenters. The lowest BCUT2D eigenvalue weighted by Crippen LogP contribution is -2.05. The number of rotatable bonds is 17. The van der Waals surface area contributed by atoms with Gasteiger partial charge in [-0.25, -0.2) is 4.79 Å². The maximum Gasteiger partial charge on any atom is 0.333 e. The van der Waals surface area contributed by atoms with Crippen LogP contribution in [0.25, 0.3) is 10.8 Å². The average molecular weight is 605 g/mol. The standard InChI is InChI=1S/C38H44N4O3/c1-28(2)38(43)45-26-16-10-8-6-5-7-9-15-25-44-36-24-21-31-18-12-13-19-33(31)37(36)42-41-35-23-22-32(27-30(35)4)39-40-34-20-14-11-17-29(34)3/h11-14,17-24,27H,1,5-10,15-16,25-26H2,2-4H3. The second kappa shape index (κ2) is 17.6. The minimum atomic E-state index is -0.296. The van der Waals surface area contributed by atoms with Crippen molar-refractivity contribution in [1.29, 1.82) is 0 Å². The van der Waals surface area contributed by atoms with Crippen molar-refractivity contribution in [3.8, 4) is 5.75 Å². The number of hydrogen-bond acceptors (Lipinski definition) is 7. The van der Waals surface area contributed by atoms with Crippen LogP contribution >= 0.6 is 0 Å². The number of carbonyl (C=O) groups excluding carboxylic acids is 1. The molecular weight excluding hydrogens is 560 g/mol. The average Bonchev–Trinajstić information content (AvgIpc) is 3.04. The molecule has 0 aliphatic heterocycles. The third-order valence-electron chi connectivity index (χ3n) is 7.57. The molecule has 0 unspecified atom stereocenters. The number of esters is 1.